The molecule has 1 unspecified atom stereocenters. The predicted octanol–water partition coefficient (Wildman–Crippen LogP) is 2.63. The van der Waals surface area contributed by atoms with Crippen LogP contribution >= 0.6 is 0 Å². The van der Waals surface area contributed by atoms with Crippen LogP contribution in [0.2, 0.25) is 0 Å². The Hall–Kier alpha value is -2.86. The Balaban J connectivity index is 1.87. The number of nitrogens with two attached hydrogens (primary N) is 2. The molecule has 9 heteroatoms. The standard InChI is InChI=1S/C20H21F3N4O2/c21-20(22,23)19(29)9-15(28)27-18(26)16(19)17(25)13-6-4-12(5-7-13)14-3-1-2-11(8-14)10-24/h1-3,8,12-13,29H,4-7,9,25H2,(H2,26,27,28). The van der Waals surface area contributed by atoms with Crippen LogP contribution in [0.15, 0.2) is 40.5 Å². The van der Waals surface area contributed by atoms with Gasteiger partial charge in [-0.3, -0.25) is 4.79 Å². The van der Waals surface area contributed by atoms with Gasteiger partial charge in [-0.1, -0.05) is 12.1 Å². The van der Waals surface area contributed by atoms with Crippen LogP contribution in [-0.4, -0.2) is 28.6 Å². The maximum absolute atomic E-state index is 13.6. The van der Waals surface area contributed by atoms with Gasteiger partial charge in [0.25, 0.3) is 5.91 Å². The molecule has 1 aromatic rings. The molecule has 0 saturated heterocycles. The van der Waals surface area contributed by atoms with Gasteiger partial charge in [0.15, 0.2) is 5.60 Å². The highest BCUT2D eigenvalue weighted by molar-refractivity contribution is 6.09. The number of carbonyl (C=O) groups excluding carboxylic acids is 1. The summed E-state index contributed by atoms with van der Waals surface area (Å²) in [5.74, 6) is -2.07. The van der Waals surface area contributed by atoms with E-state index in [-0.39, 0.29) is 11.6 Å². The van der Waals surface area contributed by atoms with Gasteiger partial charge in [0.1, 0.15) is 5.84 Å². The van der Waals surface area contributed by atoms with Gasteiger partial charge in [-0.25, -0.2) is 0 Å². The fourth-order valence-electron chi connectivity index (χ4n) is 4.18. The van der Waals surface area contributed by atoms with Crippen molar-refractivity contribution in [1.29, 1.82) is 5.26 Å². The molecular formula is C20H21F3N4O2. The predicted molar refractivity (Wildman–Crippen MR) is 99.3 cm³/mol. The summed E-state index contributed by atoms with van der Waals surface area (Å²) < 4.78 is 40.7. The molecule has 0 bridgehead atoms. The molecule has 3 rings (SSSR count). The third kappa shape index (κ3) is 3.85. The molecule has 0 aromatic heterocycles. The quantitative estimate of drug-likeness (QED) is 0.696. The lowest BCUT2D eigenvalue weighted by Crippen LogP contribution is -2.55. The number of alkyl halides is 3. The van der Waals surface area contributed by atoms with E-state index in [1.807, 2.05) is 12.1 Å². The molecule has 2 aliphatic rings. The molecule has 6 nitrogen and oxygen atoms in total. The maximum atomic E-state index is 13.6. The summed E-state index contributed by atoms with van der Waals surface area (Å²) in [6, 6.07) is 9.34. The van der Waals surface area contributed by atoms with Crippen LogP contribution in [0, 0.1) is 17.2 Å². The number of aliphatic hydroxyl groups is 1. The van der Waals surface area contributed by atoms with Crippen LogP contribution in [-0.2, 0) is 4.79 Å². The van der Waals surface area contributed by atoms with Gasteiger partial charge in [-0.05, 0) is 55.2 Å². The molecule has 1 atom stereocenters. The SMILES string of the molecule is N#Cc1cccc(C2CCC(C(N)=C3C(N)=NC(=O)CC3(O)C(F)(F)F)CC2)c1. The van der Waals surface area contributed by atoms with E-state index in [0.717, 1.165) is 5.56 Å². The molecule has 5 N–H and O–H groups in total. The Morgan fingerprint density at radius 2 is 1.93 bits per heavy atom. The number of amidine groups is 1. The second kappa shape index (κ2) is 7.52. The average molecular weight is 406 g/mol. The number of rotatable bonds is 2. The zero-order valence-electron chi connectivity index (χ0n) is 15.5. The number of nitriles is 1. The van der Waals surface area contributed by atoms with Crippen molar-refractivity contribution in [3.8, 4) is 6.07 Å². The normalized spacial score (nSPS) is 29.8. The number of nitrogens with zero attached hydrogens (tertiary/aromatic N) is 2. The summed E-state index contributed by atoms with van der Waals surface area (Å²) in [6.45, 7) is 0. The van der Waals surface area contributed by atoms with Crippen molar-refractivity contribution in [1.82, 2.24) is 0 Å². The summed E-state index contributed by atoms with van der Waals surface area (Å²) in [5, 5.41) is 19.4. The van der Waals surface area contributed by atoms with E-state index in [4.69, 9.17) is 16.7 Å². The molecule has 1 aliphatic heterocycles. The first-order chi connectivity index (χ1) is 13.6. The first kappa shape index (κ1) is 20.9. The van der Waals surface area contributed by atoms with Crippen LogP contribution < -0.4 is 11.5 Å². The fraction of sp³-hybridized carbons (Fsp3) is 0.450. The molecule has 0 spiro atoms. The number of benzene rings is 1. The van der Waals surface area contributed by atoms with Crippen LogP contribution in [0.3, 0.4) is 0 Å². The minimum absolute atomic E-state index is 0.164. The van der Waals surface area contributed by atoms with Crippen LogP contribution in [0.25, 0.3) is 0 Å². The molecule has 29 heavy (non-hydrogen) atoms. The molecule has 154 valence electrons. The molecule has 1 aliphatic carbocycles. The number of halogens is 3. The Labute approximate surface area is 165 Å². The molecule has 1 aromatic carbocycles. The number of aliphatic imine (C=N–C) groups is 1. The summed E-state index contributed by atoms with van der Waals surface area (Å²) in [7, 11) is 0. The summed E-state index contributed by atoms with van der Waals surface area (Å²) in [4.78, 5) is 14.9. The van der Waals surface area contributed by atoms with Crippen LogP contribution in [0.5, 0.6) is 0 Å². The van der Waals surface area contributed by atoms with Gasteiger partial charge >= 0.3 is 6.18 Å². The fourth-order valence-corrected chi connectivity index (χ4v) is 4.18. The van der Waals surface area contributed by atoms with Gasteiger partial charge in [0.2, 0.25) is 0 Å². The summed E-state index contributed by atoms with van der Waals surface area (Å²) >= 11 is 0. The minimum Gasteiger partial charge on any atom is -0.401 e. The number of hydrogen-bond donors (Lipinski definition) is 3. The molecule has 1 fully saturated rings. The van der Waals surface area contributed by atoms with E-state index in [9.17, 15) is 23.1 Å². The highest BCUT2D eigenvalue weighted by atomic mass is 19.4. The lowest BCUT2D eigenvalue weighted by Gasteiger charge is -2.37. The monoisotopic (exact) mass is 406 g/mol. The highest BCUT2D eigenvalue weighted by Crippen LogP contribution is 2.45. The first-order valence-corrected chi connectivity index (χ1v) is 9.23. The maximum Gasteiger partial charge on any atom is 0.422 e. The Kier molecular flexibility index (Phi) is 5.41. The van der Waals surface area contributed by atoms with Crippen LogP contribution in [0.1, 0.15) is 49.1 Å². The first-order valence-electron chi connectivity index (χ1n) is 9.23. The second-order valence-electron chi connectivity index (χ2n) is 7.54. The Morgan fingerprint density at radius 1 is 1.28 bits per heavy atom. The third-order valence-corrected chi connectivity index (χ3v) is 5.73. The average Bonchev–Trinajstić information content (AvgIpc) is 2.66. The topological polar surface area (TPSA) is 125 Å². The lowest BCUT2D eigenvalue weighted by molar-refractivity contribution is -0.244. The third-order valence-electron chi connectivity index (χ3n) is 5.73. The molecule has 1 heterocycles. The van der Waals surface area contributed by atoms with Gasteiger partial charge in [-0.15, -0.1) is 0 Å². The Bertz CT molecular complexity index is 924. The zero-order valence-corrected chi connectivity index (χ0v) is 15.5. The molecule has 0 radical (unpaired) electrons. The van der Waals surface area contributed by atoms with Crippen LogP contribution in [0.4, 0.5) is 13.2 Å². The number of allylic oxidation sites excluding steroid dienone is 1. The van der Waals surface area contributed by atoms with E-state index in [2.05, 4.69) is 11.1 Å². The van der Waals surface area contributed by atoms with Crippen molar-refractivity contribution in [2.24, 2.45) is 22.4 Å². The highest BCUT2D eigenvalue weighted by Gasteiger charge is 2.60. The zero-order chi connectivity index (χ0) is 21.4. The summed E-state index contributed by atoms with van der Waals surface area (Å²) in [6.07, 6.45) is -4.04. The molecule has 1 amide bonds. The van der Waals surface area contributed by atoms with E-state index >= 15 is 0 Å². The summed E-state index contributed by atoms with van der Waals surface area (Å²) in [5.41, 5.74) is 8.93. The largest absolute Gasteiger partial charge is 0.422 e. The second-order valence-corrected chi connectivity index (χ2v) is 7.54. The van der Waals surface area contributed by atoms with E-state index < -0.39 is 41.4 Å². The van der Waals surface area contributed by atoms with Gasteiger partial charge < -0.3 is 16.6 Å². The van der Waals surface area contributed by atoms with Crippen molar-refractivity contribution in [2.45, 2.75) is 49.8 Å². The van der Waals surface area contributed by atoms with Gasteiger partial charge in [0.05, 0.1) is 23.6 Å². The van der Waals surface area contributed by atoms with Crippen molar-refractivity contribution in [3.63, 3.8) is 0 Å². The van der Waals surface area contributed by atoms with Crippen molar-refractivity contribution in [2.75, 3.05) is 0 Å². The van der Waals surface area contributed by atoms with Gasteiger partial charge in [-0.2, -0.15) is 23.4 Å². The van der Waals surface area contributed by atoms with Gasteiger partial charge in [0, 0.05) is 5.70 Å². The van der Waals surface area contributed by atoms with Crippen molar-refractivity contribution < 1.29 is 23.1 Å². The smallest absolute Gasteiger partial charge is 0.401 e. The van der Waals surface area contributed by atoms with E-state index in [1.165, 1.54) is 0 Å². The van der Waals surface area contributed by atoms with Crippen molar-refractivity contribution >= 4 is 11.7 Å². The minimum atomic E-state index is -5.11. The lowest BCUT2D eigenvalue weighted by atomic mass is 9.74. The number of amides is 1. The van der Waals surface area contributed by atoms with E-state index in [0.29, 0.717) is 31.2 Å². The Morgan fingerprint density at radius 3 is 2.52 bits per heavy atom. The number of carbonyl (C=O) groups is 1. The van der Waals surface area contributed by atoms with E-state index in [1.54, 1.807) is 12.1 Å². The van der Waals surface area contributed by atoms with Crippen molar-refractivity contribution in [3.05, 3.63) is 46.7 Å². The number of hydrogen-bond acceptors (Lipinski definition) is 5. The molecule has 1 saturated carbocycles. The molecular weight excluding hydrogens is 385 g/mol.